The second-order valence-electron chi connectivity index (χ2n) is 15.9. The van der Waals surface area contributed by atoms with Crippen LogP contribution in [-0.2, 0) is 18.3 Å². The molecule has 3 heteroatoms. The number of aryl methyl sites for hydroxylation is 3. The van der Waals surface area contributed by atoms with Gasteiger partial charge in [0.1, 0.15) is 0 Å². The number of halogens is 2. The highest BCUT2D eigenvalue weighted by Crippen LogP contribution is 2.41. The summed E-state index contributed by atoms with van der Waals surface area (Å²) in [5, 5.41) is 0. The predicted octanol–water partition coefficient (Wildman–Crippen LogP) is 15.8. The Kier molecular flexibility index (Phi) is 11.3. The number of hydrogen-bond donors (Lipinski definition) is 0. The van der Waals surface area contributed by atoms with E-state index in [4.69, 9.17) is 0 Å². The molecular weight excluding hydrogens is 762 g/mol. The molecule has 0 radical (unpaired) electrons. The molecule has 0 aromatic heterocycles. The van der Waals surface area contributed by atoms with Gasteiger partial charge in [0, 0.05) is 26.0 Å². The molecule has 0 fully saturated rings. The predicted molar refractivity (Wildman–Crippen MR) is 233 cm³/mol. The number of benzene rings is 6. The van der Waals surface area contributed by atoms with E-state index in [0.29, 0.717) is 0 Å². The monoisotopic (exact) mass is 811 g/mol. The molecule has 0 atom stereocenters. The normalized spacial score (nSPS) is 11.9. The first kappa shape index (κ1) is 37.8. The standard InChI is InChI=1S/C49H51Br2N/c1-9-34-30-40(50)18-27-46(34)37-13-22-43(23-14-37)52(44-24-15-38(16-25-44)47-28-19-41(51)31-35(47)10-2)42-20-11-36(12-21-42)45-26-17-39(29-33(45)3)49(7,8)32-48(4,5)6/h11-31H,9-10,32H2,1-8H3. The van der Waals surface area contributed by atoms with Gasteiger partial charge in [0.05, 0.1) is 0 Å². The van der Waals surface area contributed by atoms with Crippen LogP contribution in [0.5, 0.6) is 0 Å². The van der Waals surface area contributed by atoms with Gasteiger partial charge in [0.25, 0.3) is 0 Å². The molecule has 52 heavy (non-hydrogen) atoms. The van der Waals surface area contributed by atoms with Gasteiger partial charge in [-0.2, -0.15) is 0 Å². The Hall–Kier alpha value is -3.92. The summed E-state index contributed by atoms with van der Waals surface area (Å²) in [5.74, 6) is 0. The van der Waals surface area contributed by atoms with Gasteiger partial charge in [-0.05, 0) is 153 Å². The van der Waals surface area contributed by atoms with Crippen LogP contribution in [0.15, 0.2) is 136 Å². The Morgan fingerprint density at radius 1 is 0.481 bits per heavy atom. The first-order valence-corrected chi connectivity index (χ1v) is 20.1. The molecule has 0 N–H and O–H groups in total. The summed E-state index contributed by atoms with van der Waals surface area (Å²) >= 11 is 7.32. The van der Waals surface area contributed by atoms with Crippen molar-refractivity contribution in [1.82, 2.24) is 0 Å². The van der Waals surface area contributed by atoms with Crippen molar-refractivity contribution in [2.75, 3.05) is 4.90 Å². The number of rotatable bonds is 10. The van der Waals surface area contributed by atoms with Crippen LogP contribution < -0.4 is 4.90 Å². The second-order valence-corrected chi connectivity index (χ2v) is 17.8. The molecule has 0 saturated heterocycles. The molecule has 1 nitrogen and oxygen atoms in total. The zero-order valence-corrected chi connectivity index (χ0v) is 35.1. The molecule has 6 rings (SSSR count). The molecule has 6 aromatic rings. The summed E-state index contributed by atoms with van der Waals surface area (Å²) < 4.78 is 2.24. The smallest absolute Gasteiger partial charge is 0.0462 e. The molecular formula is C49H51Br2N. The Balaban J connectivity index is 1.37. The largest absolute Gasteiger partial charge is 0.311 e. The highest BCUT2D eigenvalue weighted by Gasteiger charge is 2.27. The fourth-order valence-electron chi connectivity index (χ4n) is 7.93. The maximum absolute atomic E-state index is 3.66. The van der Waals surface area contributed by atoms with Crippen LogP contribution in [0.1, 0.15) is 77.1 Å². The third-order valence-electron chi connectivity index (χ3n) is 10.2. The molecule has 266 valence electrons. The van der Waals surface area contributed by atoms with E-state index in [1.165, 1.54) is 55.6 Å². The zero-order chi connectivity index (χ0) is 37.2. The van der Waals surface area contributed by atoms with Crippen molar-refractivity contribution < 1.29 is 0 Å². The lowest BCUT2D eigenvalue weighted by Gasteiger charge is -2.33. The van der Waals surface area contributed by atoms with E-state index >= 15 is 0 Å². The molecule has 0 heterocycles. The molecule has 0 bridgehead atoms. The lowest BCUT2D eigenvalue weighted by atomic mass is 9.72. The fourth-order valence-corrected chi connectivity index (χ4v) is 8.74. The Morgan fingerprint density at radius 2 is 0.865 bits per heavy atom. The third kappa shape index (κ3) is 8.48. The summed E-state index contributed by atoms with van der Waals surface area (Å²) in [4.78, 5) is 2.37. The van der Waals surface area contributed by atoms with E-state index in [9.17, 15) is 0 Å². The minimum absolute atomic E-state index is 0.113. The molecule has 0 spiro atoms. The van der Waals surface area contributed by atoms with Crippen molar-refractivity contribution in [3.05, 3.63) is 159 Å². The van der Waals surface area contributed by atoms with E-state index in [1.807, 2.05) is 0 Å². The Labute approximate surface area is 329 Å². The molecule has 0 aliphatic heterocycles. The summed E-state index contributed by atoms with van der Waals surface area (Å²) in [6.07, 6.45) is 3.10. The molecule has 0 amide bonds. The molecule has 0 aliphatic carbocycles. The van der Waals surface area contributed by atoms with Gasteiger partial charge in [0.2, 0.25) is 0 Å². The quantitative estimate of drug-likeness (QED) is 0.133. The summed E-state index contributed by atoms with van der Waals surface area (Å²) in [6.45, 7) is 18.4. The van der Waals surface area contributed by atoms with Crippen LogP contribution >= 0.6 is 31.9 Å². The summed E-state index contributed by atoms with van der Waals surface area (Å²) in [7, 11) is 0. The van der Waals surface area contributed by atoms with Crippen molar-refractivity contribution in [2.24, 2.45) is 5.41 Å². The molecule has 0 saturated carbocycles. The van der Waals surface area contributed by atoms with Gasteiger partial charge >= 0.3 is 0 Å². The number of nitrogens with zero attached hydrogens (tertiary/aromatic N) is 1. The van der Waals surface area contributed by atoms with Crippen LogP contribution in [0.2, 0.25) is 0 Å². The van der Waals surface area contributed by atoms with Crippen LogP contribution in [0.25, 0.3) is 33.4 Å². The topological polar surface area (TPSA) is 3.24 Å². The SMILES string of the molecule is CCc1cc(Br)ccc1-c1ccc(N(c2ccc(-c3ccc(C(C)(C)CC(C)(C)C)cc3C)cc2)c2ccc(-c3ccc(Br)cc3CC)cc2)cc1. The van der Waals surface area contributed by atoms with Gasteiger partial charge in [-0.3, -0.25) is 0 Å². The molecule has 0 unspecified atom stereocenters. The lowest BCUT2D eigenvalue weighted by Crippen LogP contribution is -2.24. The van der Waals surface area contributed by atoms with Gasteiger partial charge in [-0.25, -0.2) is 0 Å². The minimum atomic E-state index is 0.113. The van der Waals surface area contributed by atoms with Crippen LogP contribution in [0, 0.1) is 12.3 Å². The second kappa shape index (κ2) is 15.6. The summed E-state index contributed by atoms with van der Waals surface area (Å²) in [5.41, 5.74) is 16.7. The van der Waals surface area contributed by atoms with Gasteiger partial charge in [0.15, 0.2) is 0 Å². The van der Waals surface area contributed by atoms with Crippen LogP contribution in [-0.4, -0.2) is 0 Å². The Morgan fingerprint density at radius 3 is 1.23 bits per heavy atom. The zero-order valence-electron chi connectivity index (χ0n) is 31.9. The van der Waals surface area contributed by atoms with E-state index in [2.05, 4.69) is 220 Å². The first-order valence-electron chi connectivity index (χ1n) is 18.6. The van der Waals surface area contributed by atoms with Crippen LogP contribution in [0.4, 0.5) is 17.1 Å². The van der Waals surface area contributed by atoms with Crippen molar-refractivity contribution >= 4 is 48.9 Å². The number of anilines is 3. The molecule has 6 aromatic carbocycles. The minimum Gasteiger partial charge on any atom is -0.311 e. The maximum atomic E-state index is 3.66. The van der Waals surface area contributed by atoms with Crippen LogP contribution in [0.3, 0.4) is 0 Å². The first-order chi connectivity index (χ1) is 24.8. The van der Waals surface area contributed by atoms with Crippen molar-refractivity contribution in [3.8, 4) is 33.4 Å². The average molecular weight is 814 g/mol. The fraction of sp³-hybridized carbons (Fsp3) is 0.265. The van der Waals surface area contributed by atoms with E-state index in [0.717, 1.165) is 45.3 Å². The Bertz CT molecular complexity index is 2050. The summed E-state index contributed by atoms with van der Waals surface area (Å²) in [6, 6.07) is 47.4. The van der Waals surface area contributed by atoms with Gasteiger partial charge in [-0.15, -0.1) is 0 Å². The lowest BCUT2D eigenvalue weighted by molar-refractivity contribution is 0.284. The van der Waals surface area contributed by atoms with E-state index < -0.39 is 0 Å². The van der Waals surface area contributed by atoms with Gasteiger partial charge < -0.3 is 4.90 Å². The highest BCUT2D eigenvalue weighted by molar-refractivity contribution is 9.10. The van der Waals surface area contributed by atoms with E-state index in [-0.39, 0.29) is 10.8 Å². The van der Waals surface area contributed by atoms with Crippen molar-refractivity contribution in [1.29, 1.82) is 0 Å². The average Bonchev–Trinajstić information content (AvgIpc) is 3.11. The van der Waals surface area contributed by atoms with E-state index in [1.54, 1.807) is 0 Å². The molecule has 0 aliphatic rings. The van der Waals surface area contributed by atoms with Crippen molar-refractivity contribution in [2.45, 2.75) is 80.1 Å². The maximum Gasteiger partial charge on any atom is 0.0462 e. The highest BCUT2D eigenvalue weighted by atomic mass is 79.9. The number of hydrogen-bond acceptors (Lipinski definition) is 1. The van der Waals surface area contributed by atoms with Gasteiger partial charge in [-0.1, -0.05) is 147 Å². The van der Waals surface area contributed by atoms with Crippen molar-refractivity contribution in [3.63, 3.8) is 0 Å². The third-order valence-corrected chi connectivity index (χ3v) is 11.2.